The van der Waals surface area contributed by atoms with E-state index in [2.05, 4.69) is 0 Å². The monoisotopic (exact) mass is 411 g/mol. The van der Waals surface area contributed by atoms with E-state index < -0.39 is 43.1 Å². The fourth-order valence-electron chi connectivity index (χ4n) is 4.63. The van der Waals surface area contributed by atoms with Crippen molar-refractivity contribution in [3.05, 3.63) is 71.6 Å². The van der Waals surface area contributed by atoms with Gasteiger partial charge in [-0.2, -0.15) is 0 Å². The Morgan fingerprint density at radius 2 is 1.52 bits per heavy atom. The topological polar surface area (TPSA) is 94.9 Å². The van der Waals surface area contributed by atoms with Crippen molar-refractivity contribution in [3.63, 3.8) is 0 Å². The van der Waals surface area contributed by atoms with Gasteiger partial charge in [0, 0.05) is 15.9 Å². The minimum atomic E-state index is -3.53. The molecule has 0 aromatic heterocycles. The van der Waals surface area contributed by atoms with Crippen LogP contribution < -0.4 is 10.6 Å². The quantitative estimate of drug-likeness (QED) is 0.579. The van der Waals surface area contributed by atoms with Crippen molar-refractivity contribution in [3.8, 4) is 0 Å². The summed E-state index contributed by atoms with van der Waals surface area (Å²) in [6, 6.07) is 15.8. The Bertz CT molecular complexity index is 1000. The smallest absolute Gasteiger partial charge is 0.331 e. The van der Waals surface area contributed by atoms with Crippen molar-refractivity contribution in [2.45, 2.75) is 32.0 Å². The number of benzene rings is 2. The maximum absolute atomic E-state index is 14.7. The standard InChI is InChI=1S/C22H22NO5P/c1-13-18-17(14(2)24)21(25)23(18)19(22(26)27)20(13)29(28,15-9-5-3-6-10-15)16-11-7-4-8-12-16/h3-12,14,17-19,24H,1-2H3,(H,26,27)/t14-,17-,18-,19?/m1/s1. The van der Waals surface area contributed by atoms with Crippen LogP contribution >= 0.6 is 7.14 Å². The number of carbonyl (C=O) groups excluding carboxylic acids is 1. The fraction of sp³-hybridized carbons (Fsp3) is 0.273. The Labute approximate surface area is 168 Å². The second-order valence-corrected chi connectivity index (χ2v) is 10.3. The van der Waals surface area contributed by atoms with Crippen LogP contribution in [0.4, 0.5) is 0 Å². The highest BCUT2D eigenvalue weighted by Crippen LogP contribution is 2.61. The van der Waals surface area contributed by atoms with E-state index in [9.17, 15) is 24.4 Å². The molecule has 1 amide bonds. The normalized spacial score (nSPS) is 24.9. The Balaban J connectivity index is 1.99. The summed E-state index contributed by atoms with van der Waals surface area (Å²) < 4.78 is 14.7. The van der Waals surface area contributed by atoms with Crippen molar-refractivity contribution < 1.29 is 24.4 Å². The van der Waals surface area contributed by atoms with Gasteiger partial charge >= 0.3 is 5.97 Å². The van der Waals surface area contributed by atoms with E-state index in [1.54, 1.807) is 55.5 Å². The predicted octanol–water partition coefficient (Wildman–Crippen LogP) is 1.95. The molecular weight excluding hydrogens is 389 g/mol. The number of nitrogens with zero attached hydrogens (tertiary/aromatic N) is 1. The summed E-state index contributed by atoms with van der Waals surface area (Å²) in [5.41, 5.74) is 0.596. The average Bonchev–Trinajstić information content (AvgIpc) is 2.97. The first-order valence-corrected chi connectivity index (χ1v) is 11.2. The third-order valence-electron chi connectivity index (χ3n) is 5.90. The van der Waals surface area contributed by atoms with Crippen LogP contribution in [0.1, 0.15) is 13.8 Å². The molecule has 0 saturated carbocycles. The molecule has 0 radical (unpaired) electrons. The molecule has 1 unspecified atom stereocenters. The highest BCUT2D eigenvalue weighted by molar-refractivity contribution is 7.82. The summed E-state index contributed by atoms with van der Waals surface area (Å²) in [5.74, 6) is -2.35. The maximum atomic E-state index is 14.7. The Hall–Kier alpha value is -2.69. The molecule has 1 saturated heterocycles. The lowest BCUT2D eigenvalue weighted by atomic mass is 9.81. The number of aliphatic hydroxyl groups is 1. The molecule has 2 aliphatic rings. The van der Waals surface area contributed by atoms with Gasteiger partial charge in [-0.15, -0.1) is 0 Å². The number of carboxylic acids is 1. The van der Waals surface area contributed by atoms with E-state index in [0.29, 0.717) is 16.2 Å². The lowest BCUT2D eigenvalue weighted by molar-refractivity contribution is -0.168. The number of hydrogen-bond acceptors (Lipinski definition) is 4. The largest absolute Gasteiger partial charge is 0.479 e. The van der Waals surface area contributed by atoms with E-state index in [0.717, 1.165) is 0 Å². The first kappa shape index (κ1) is 19.6. The summed E-state index contributed by atoms with van der Waals surface area (Å²) in [7, 11) is -3.53. The molecule has 0 aliphatic carbocycles. The van der Waals surface area contributed by atoms with E-state index in [-0.39, 0.29) is 5.31 Å². The van der Waals surface area contributed by atoms with Crippen LogP contribution in [0.2, 0.25) is 0 Å². The van der Waals surface area contributed by atoms with Gasteiger partial charge in [0.05, 0.1) is 18.1 Å². The van der Waals surface area contributed by atoms with Crippen molar-refractivity contribution >= 4 is 29.6 Å². The molecule has 0 spiro atoms. The lowest BCUT2D eigenvalue weighted by Gasteiger charge is -2.46. The highest BCUT2D eigenvalue weighted by Gasteiger charge is 2.63. The molecule has 2 aromatic rings. The summed E-state index contributed by atoms with van der Waals surface area (Å²) in [4.78, 5) is 26.2. The van der Waals surface area contributed by atoms with Crippen molar-refractivity contribution in [2.24, 2.45) is 5.92 Å². The lowest BCUT2D eigenvalue weighted by Crippen LogP contribution is -2.65. The van der Waals surface area contributed by atoms with E-state index in [1.807, 2.05) is 12.1 Å². The van der Waals surface area contributed by atoms with E-state index in [4.69, 9.17) is 0 Å². The van der Waals surface area contributed by atoms with Gasteiger partial charge in [-0.25, -0.2) is 4.79 Å². The zero-order valence-electron chi connectivity index (χ0n) is 16.1. The fourth-order valence-corrected chi connectivity index (χ4v) is 7.88. The molecule has 6 nitrogen and oxygen atoms in total. The molecule has 1 fully saturated rings. The van der Waals surface area contributed by atoms with Crippen LogP contribution in [0.25, 0.3) is 0 Å². The number of hydrogen-bond donors (Lipinski definition) is 2. The molecule has 2 aromatic carbocycles. The molecule has 4 atom stereocenters. The SMILES string of the molecule is CC1=C(P(=O)(c2ccccc2)c2ccccc2)C(C(=O)O)N2C(=O)[C@H]([C@@H](C)O)[C@@H]12. The number of carbonyl (C=O) groups is 2. The van der Waals surface area contributed by atoms with Gasteiger partial charge < -0.3 is 19.7 Å². The van der Waals surface area contributed by atoms with Crippen LogP contribution in [0.3, 0.4) is 0 Å². The third-order valence-corrected chi connectivity index (χ3v) is 9.22. The number of fused-ring (bicyclic) bond motifs is 1. The minimum absolute atomic E-state index is 0.268. The molecule has 2 N–H and O–H groups in total. The summed E-state index contributed by atoms with van der Waals surface area (Å²) in [6.07, 6.45) is -0.916. The van der Waals surface area contributed by atoms with Gasteiger partial charge in [0.1, 0.15) is 0 Å². The van der Waals surface area contributed by atoms with Gasteiger partial charge in [-0.05, 0) is 19.4 Å². The van der Waals surface area contributed by atoms with Crippen molar-refractivity contribution in [1.82, 2.24) is 4.90 Å². The van der Waals surface area contributed by atoms with Gasteiger partial charge in [0.25, 0.3) is 0 Å². The maximum Gasteiger partial charge on any atom is 0.331 e. The Morgan fingerprint density at radius 3 is 1.93 bits per heavy atom. The van der Waals surface area contributed by atoms with Gasteiger partial charge in [-0.3, -0.25) is 4.79 Å². The molecular formula is C22H22NO5P. The third kappa shape index (κ3) is 2.70. The molecule has 4 rings (SSSR count). The molecule has 7 heteroatoms. The number of carboxylic acid groups (broad SMARTS) is 1. The molecule has 29 heavy (non-hydrogen) atoms. The van der Waals surface area contributed by atoms with Gasteiger partial charge in [-0.1, -0.05) is 60.7 Å². The number of β-lactam (4-membered cyclic amide) rings is 1. The Morgan fingerprint density at radius 1 is 1.03 bits per heavy atom. The van der Waals surface area contributed by atoms with Crippen molar-refractivity contribution in [2.75, 3.05) is 0 Å². The van der Waals surface area contributed by atoms with Crippen LogP contribution in [0, 0.1) is 5.92 Å². The zero-order valence-corrected chi connectivity index (χ0v) is 17.0. The molecule has 150 valence electrons. The molecule has 0 bridgehead atoms. The van der Waals surface area contributed by atoms with Crippen LogP contribution in [0.5, 0.6) is 0 Å². The second kappa shape index (κ2) is 6.97. The number of aliphatic carboxylic acids is 1. The van der Waals surface area contributed by atoms with Gasteiger partial charge in [0.15, 0.2) is 13.2 Å². The first-order chi connectivity index (χ1) is 13.8. The van der Waals surface area contributed by atoms with Crippen molar-refractivity contribution in [1.29, 1.82) is 0 Å². The minimum Gasteiger partial charge on any atom is -0.479 e. The summed E-state index contributed by atoms with van der Waals surface area (Å²) in [6.45, 7) is 3.26. The summed E-state index contributed by atoms with van der Waals surface area (Å²) >= 11 is 0. The number of amides is 1. The zero-order chi connectivity index (χ0) is 20.9. The van der Waals surface area contributed by atoms with E-state index in [1.165, 1.54) is 11.8 Å². The van der Waals surface area contributed by atoms with Gasteiger partial charge in [0.2, 0.25) is 5.91 Å². The van der Waals surface area contributed by atoms with Crippen LogP contribution in [-0.4, -0.2) is 45.2 Å². The molecule has 2 aliphatic heterocycles. The Kier molecular flexibility index (Phi) is 4.72. The number of rotatable bonds is 5. The molecule has 2 heterocycles. The average molecular weight is 411 g/mol. The van der Waals surface area contributed by atoms with Crippen LogP contribution in [0.15, 0.2) is 71.6 Å². The summed E-state index contributed by atoms with van der Waals surface area (Å²) in [5, 5.41) is 21.4. The van der Waals surface area contributed by atoms with E-state index >= 15 is 0 Å². The first-order valence-electron chi connectivity index (χ1n) is 9.45. The predicted molar refractivity (Wildman–Crippen MR) is 110 cm³/mol. The highest BCUT2D eigenvalue weighted by atomic mass is 31.2. The number of aliphatic hydroxyl groups excluding tert-OH is 1. The van der Waals surface area contributed by atoms with Crippen LogP contribution in [-0.2, 0) is 14.2 Å². The second-order valence-electron chi connectivity index (χ2n) is 7.55.